The molecule has 82 valence electrons. The molecule has 1 N–H and O–H groups in total. The van der Waals surface area contributed by atoms with Gasteiger partial charge in [0.2, 0.25) is 0 Å². The lowest BCUT2D eigenvalue weighted by molar-refractivity contribution is 0.222. The third-order valence-corrected chi connectivity index (χ3v) is 4.88. The van der Waals surface area contributed by atoms with Crippen LogP contribution in [0.3, 0.4) is 0 Å². The third kappa shape index (κ3) is 2.44. The molecule has 0 radical (unpaired) electrons. The summed E-state index contributed by atoms with van der Waals surface area (Å²) in [5.41, 5.74) is 0. The van der Waals surface area contributed by atoms with Crippen molar-refractivity contribution in [2.24, 2.45) is 0 Å². The van der Waals surface area contributed by atoms with Crippen LogP contribution in [0.25, 0.3) is 0 Å². The highest BCUT2D eigenvalue weighted by Gasteiger charge is 2.29. The van der Waals surface area contributed by atoms with Crippen molar-refractivity contribution in [2.75, 3.05) is 25.9 Å². The van der Waals surface area contributed by atoms with E-state index in [9.17, 15) is 0 Å². The van der Waals surface area contributed by atoms with Gasteiger partial charge in [-0.15, -0.1) is 0 Å². The van der Waals surface area contributed by atoms with E-state index in [1.807, 2.05) is 0 Å². The van der Waals surface area contributed by atoms with Crippen LogP contribution in [0.2, 0.25) is 0 Å². The van der Waals surface area contributed by atoms with E-state index in [2.05, 4.69) is 35.9 Å². The van der Waals surface area contributed by atoms with Gasteiger partial charge < -0.3 is 10.2 Å². The Balaban J connectivity index is 1.78. The molecule has 0 amide bonds. The van der Waals surface area contributed by atoms with Crippen LogP contribution in [-0.2, 0) is 0 Å². The molecule has 3 unspecified atom stereocenters. The molecule has 0 bridgehead atoms. The number of hydrogen-bond acceptors (Lipinski definition) is 3. The highest BCUT2D eigenvalue weighted by atomic mass is 32.2. The van der Waals surface area contributed by atoms with E-state index in [-0.39, 0.29) is 0 Å². The minimum atomic E-state index is 0.762. The molecule has 0 aromatic heterocycles. The standard InChI is InChI=1S/C11H22N2S/c1-9-11(5-7-14-9)13(2)8-10-4-3-6-12-10/h9-12H,3-8H2,1-2H3. The number of nitrogens with zero attached hydrogens (tertiary/aromatic N) is 1. The van der Waals surface area contributed by atoms with Gasteiger partial charge in [0.1, 0.15) is 0 Å². The topological polar surface area (TPSA) is 15.3 Å². The molecule has 2 fully saturated rings. The summed E-state index contributed by atoms with van der Waals surface area (Å²) in [5.74, 6) is 1.36. The summed E-state index contributed by atoms with van der Waals surface area (Å²) in [4.78, 5) is 2.58. The molecule has 0 aliphatic carbocycles. The second kappa shape index (κ2) is 4.86. The molecule has 2 nitrogen and oxygen atoms in total. The van der Waals surface area contributed by atoms with Gasteiger partial charge in [0.15, 0.2) is 0 Å². The molecule has 2 saturated heterocycles. The van der Waals surface area contributed by atoms with Gasteiger partial charge >= 0.3 is 0 Å². The Labute approximate surface area is 91.8 Å². The molecule has 3 heteroatoms. The predicted octanol–water partition coefficient (Wildman–Crippen LogP) is 1.56. The minimum absolute atomic E-state index is 0.762. The van der Waals surface area contributed by atoms with Crippen LogP contribution < -0.4 is 5.32 Å². The van der Waals surface area contributed by atoms with Crippen LogP contribution in [0.5, 0.6) is 0 Å². The van der Waals surface area contributed by atoms with Crippen molar-refractivity contribution in [2.45, 2.75) is 43.5 Å². The summed E-state index contributed by atoms with van der Waals surface area (Å²) >= 11 is 2.13. The molecule has 0 aromatic carbocycles. The first kappa shape index (κ1) is 10.8. The Morgan fingerprint density at radius 3 is 2.86 bits per heavy atom. The Kier molecular flexibility index (Phi) is 3.74. The van der Waals surface area contributed by atoms with Crippen LogP contribution in [0.1, 0.15) is 26.2 Å². The van der Waals surface area contributed by atoms with Gasteiger partial charge in [-0.2, -0.15) is 11.8 Å². The zero-order valence-corrected chi connectivity index (χ0v) is 10.1. The maximum Gasteiger partial charge on any atom is 0.0217 e. The summed E-state index contributed by atoms with van der Waals surface area (Å²) < 4.78 is 0. The normalized spacial score (nSPS) is 38.4. The number of nitrogens with one attached hydrogen (secondary N) is 1. The molecule has 0 aromatic rings. The van der Waals surface area contributed by atoms with Crippen molar-refractivity contribution in [3.63, 3.8) is 0 Å². The number of rotatable bonds is 3. The lowest BCUT2D eigenvalue weighted by Crippen LogP contribution is -2.43. The van der Waals surface area contributed by atoms with Crippen molar-refractivity contribution in [3.05, 3.63) is 0 Å². The van der Waals surface area contributed by atoms with Gasteiger partial charge in [0.25, 0.3) is 0 Å². The van der Waals surface area contributed by atoms with Crippen LogP contribution in [-0.4, -0.2) is 48.1 Å². The van der Waals surface area contributed by atoms with E-state index < -0.39 is 0 Å². The number of likely N-dealkylation sites (N-methyl/N-ethyl adjacent to an activating group) is 1. The largest absolute Gasteiger partial charge is 0.313 e. The van der Waals surface area contributed by atoms with Gasteiger partial charge in [-0.1, -0.05) is 6.92 Å². The average Bonchev–Trinajstić information content (AvgIpc) is 2.75. The van der Waals surface area contributed by atoms with Gasteiger partial charge in [-0.3, -0.25) is 0 Å². The van der Waals surface area contributed by atoms with Crippen LogP contribution >= 0.6 is 11.8 Å². The highest BCUT2D eigenvalue weighted by molar-refractivity contribution is 8.00. The van der Waals surface area contributed by atoms with E-state index in [1.54, 1.807) is 0 Å². The first-order valence-electron chi connectivity index (χ1n) is 5.82. The highest BCUT2D eigenvalue weighted by Crippen LogP contribution is 2.29. The zero-order chi connectivity index (χ0) is 9.97. The Bertz CT molecular complexity index is 180. The number of thioether (sulfide) groups is 1. The van der Waals surface area contributed by atoms with E-state index in [4.69, 9.17) is 0 Å². The summed E-state index contributed by atoms with van der Waals surface area (Å²) in [6.45, 7) is 4.85. The van der Waals surface area contributed by atoms with E-state index in [0.717, 1.165) is 17.3 Å². The monoisotopic (exact) mass is 214 g/mol. The van der Waals surface area contributed by atoms with Crippen molar-refractivity contribution < 1.29 is 0 Å². The van der Waals surface area contributed by atoms with Gasteiger partial charge in [-0.05, 0) is 38.6 Å². The molecule has 14 heavy (non-hydrogen) atoms. The quantitative estimate of drug-likeness (QED) is 0.767. The minimum Gasteiger partial charge on any atom is -0.313 e. The maximum absolute atomic E-state index is 3.58. The molecule has 2 rings (SSSR count). The van der Waals surface area contributed by atoms with Crippen LogP contribution in [0.4, 0.5) is 0 Å². The Hall–Kier alpha value is 0.270. The molecule has 2 aliphatic heterocycles. The molecule has 3 atom stereocenters. The van der Waals surface area contributed by atoms with E-state index in [0.29, 0.717) is 0 Å². The fraction of sp³-hybridized carbons (Fsp3) is 1.00. The first-order valence-corrected chi connectivity index (χ1v) is 6.87. The van der Waals surface area contributed by atoms with Gasteiger partial charge in [0.05, 0.1) is 0 Å². The predicted molar refractivity (Wildman–Crippen MR) is 64.0 cm³/mol. The average molecular weight is 214 g/mol. The molecule has 2 heterocycles. The fourth-order valence-corrected chi connectivity index (χ4v) is 4.01. The second-order valence-corrected chi connectivity index (χ2v) is 6.15. The van der Waals surface area contributed by atoms with Gasteiger partial charge in [-0.25, -0.2) is 0 Å². The summed E-state index contributed by atoms with van der Waals surface area (Å²) in [7, 11) is 2.30. The smallest absolute Gasteiger partial charge is 0.0217 e. The Morgan fingerprint density at radius 2 is 2.29 bits per heavy atom. The van der Waals surface area contributed by atoms with E-state index >= 15 is 0 Å². The fourth-order valence-electron chi connectivity index (χ4n) is 2.69. The SMILES string of the molecule is CC1SCCC1N(C)CC1CCCN1. The third-order valence-electron chi connectivity index (χ3n) is 3.57. The summed E-state index contributed by atoms with van der Waals surface area (Å²) in [6, 6.07) is 1.58. The molecular weight excluding hydrogens is 192 g/mol. The number of hydrogen-bond donors (Lipinski definition) is 1. The van der Waals surface area contributed by atoms with Crippen LogP contribution in [0, 0.1) is 0 Å². The van der Waals surface area contributed by atoms with Gasteiger partial charge in [0, 0.05) is 23.9 Å². The molecule has 2 aliphatic rings. The molecule has 0 spiro atoms. The molecular formula is C11H22N2S. The Morgan fingerprint density at radius 1 is 1.43 bits per heavy atom. The first-order chi connectivity index (χ1) is 6.77. The van der Waals surface area contributed by atoms with E-state index in [1.165, 1.54) is 38.1 Å². The molecule has 0 saturated carbocycles. The summed E-state index contributed by atoms with van der Waals surface area (Å²) in [6.07, 6.45) is 4.13. The maximum atomic E-state index is 3.58. The lowest BCUT2D eigenvalue weighted by Gasteiger charge is -2.29. The van der Waals surface area contributed by atoms with Crippen molar-refractivity contribution in [3.8, 4) is 0 Å². The second-order valence-electron chi connectivity index (χ2n) is 4.66. The lowest BCUT2D eigenvalue weighted by atomic mass is 10.1. The van der Waals surface area contributed by atoms with Crippen molar-refractivity contribution >= 4 is 11.8 Å². The van der Waals surface area contributed by atoms with Crippen molar-refractivity contribution in [1.82, 2.24) is 10.2 Å². The zero-order valence-electron chi connectivity index (χ0n) is 9.33. The van der Waals surface area contributed by atoms with Crippen molar-refractivity contribution in [1.29, 1.82) is 0 Å². The summed E-state index contributed by atoms with van der Waals surface area (Å²) in [5, 5.41) is 4.41. The van der Waals surface area contributed by atoms with Crippen LogP contribution in [0.15, 0.2) is 0 Å².